The SMILES string of the molecule is CCC(CC(=O)c1ccc(COc2cccc(-c3ccc(N)nc3)c2)cc1)Cc1c(C)cc(C)[nH]c1=O. The molecule has 4 rings (SSSR count). The number of Topliss-reactive ketones (excluding diaryl/α,β-unsaturated/α-hetero) is 1. The average Bonchev–Trinajstić information content (AvgIpc) is 2.89. The first kappa shape index (κ1) is 25.9. The number of aryl methyl sites for hydroxylation is 2. The molecule has 2 heterocycles. The van der Waals surface area contributed by atoms with Crippen molar-refractivity contribution in [2.45, 2.75) is 46.6 Å². The van der Waals surface area contributed by atoms with Gasteiger partial charge in [0.2, 0.25) is 0 Å². The molecule has 6 heteroatoms. The van der Waals surface area contributed by atoms with E-state index in [9.17, 15) is 9.59 Å². The van der Waals surface area contributed by atoms with Crippen molar-refractivity contribution in [2.75, 3.05) is 5.73 Å². The fraction of sp³-hybridized carbons (Fsp3) is 0.258. The van der Waals surface area contributed by atoms with Crippen molar-refractivity contribution in [3.8, 4) is 16.9 Å². The van der Waals surface area contributed by atoms with Crippen LogP contribution in [0.1, 0.15) is 52.5 Å². The van der Waals surface area contributed by atoms with Crippen molar-refractivity contribution in [1.82, 2.24) is 9.97 Å². The lowest BCUT2D eigenvalue weighted by molar-refractivity contribution is 0.0959. The number of aromatic amines is 1. The summed E-state index contributed by atoms with van der Waals surface area (Å²) < 4.78 is 5.99. The highest BCUT2D eigenvalue weighted by Crippen LogP contribution is 2.25. The second-order valence-electron chi connectivity index (χ2n) is 9.53. The fourth-order valence-corrected chi connectivity index (χ4v) is 4.46. The van der Waals surface area contributed by atoms with Gasteiger partial charge in [-0.1, -0.05) is 49.7 Å². The number of ketones is 1. The van der Waals surface area contributed by atoms with E-state index in [0.29, 0.717) is 30.8 Å². The van der Waals surface area contributed by atoms with Crippen LogP contribution in [0.5, 0.6) is 5.75 Å². The van der Waals surface area contributed by atoms with E-state index in [2.05, 4.69) is 16.9 Å². The average molecular weight is 496 g/mol. The molecule has 190 valence electrons. The number of nitrogen functional groups attached to an aromatic ring is 1. The molecule has 6 nitrogen and oxygen atoms in total. The smallest absolute Gasteiger partial charge is 0.251 e. The maximum absolute atomic E-state index is 13.0. The number of hydrogen-bond donors (Lipinski definition) is 2. The van der Waals surface area contributed by atoms with Crippen LogP contribution in [-0.2, 0) is 13.0 Å². The van der Waals surface area contributed by atoms with E-state index in [1.165, 1.54) is 0 Å². The van der Waals surface area contributed by atoms with Gasteiger partial charge >= 0.3 is 0 Å². The van der Waals surface area contributed by atoms with E-state index >= 15 is 0 Å². The van der Waals surface area contributed by atoms with Gasteiger partial charge in [-0.25, -0.2) is 4.98 Å². The number of benzene rings is 2. The van der Waals surface area contributed by atoms with Gasteiger partial charge < -0.3 is 15.5 Å². The van der Waals surface area contributed by atoms with Gasteiger partial charge in [0.1, 0.15) is 18.2 Å². The number of rotatable bonds is 10. The third-order valence-corrected chi connectivity index (χ3v) is 6.67. The van der Waals surface area contributed by atoms with Crippen molar-refractivity contribution in [3.05, 3.63) is 111 Å². The molecule has 0 bridgehead atoms. The number of nitrogens with one attached hydrogen (secondary N) is 1. The number of carbonyl (C=O) groups excluding carboxylic acids is 1. The number of pyridine rings is 2. The van der Waals surface area contributed by atoms with Gasteiger partial charge in [0.25, 0.3) is 5.56 Å². The number of carbonyl (C=O) groups is 1. The van der Waals surface area contributed by atoms with E-state index in [4.69, 9.17) is 10.5 Å². The Balaban J connectivity index is 1.36. The Bertz CT molecular complexity index is 1420. The largest absolute Gasteiger partial charge is 0.489 e. The summed E-state index contributed by atoms with van der Waals surface area (Å²) in [4.78, 5) is 32.4. The van der Waals surface area contributed by atoms with E-state index in [1.54, 1.807) is 12.3 Å². The van der Waals surface area contributed by atoms with Gasteiger partial charge in [-0.3, -0.25) is 9.59 Å². The zero-order valence-corrected chi connectivity index (χ0v) is 21.6. The zero-order valence-electron chi connectivity index (χ0n) is 21.6. The first-order chi connectivity index (χ1) is 17.8. The fourth-order valence-electron chi connectivity index (χ4n) is 4.46. The molecule has 2 aromatic heterocycles. The van der Waals surface area contributed by atoms with Crippen LogP contribution >= 0.6 is 0 Å². The Morgan fingerprint density at radius 3 is 2.49 bits per heavy atom. The highest BCUT2D eigenvalue weighted by molar-refractivity contribution is 5.96. The van der Waals surface area contributed by atoms with Crippen molar-refractivity contribution in [3.63, 3.8) is 0 Å². The van der Waals surface area contributed by atoms with Crippen molar-refractivity contribution in [2.24, 2.45) is 5.92 Å². The van der Waals surface area contributed by atoms with Crippen LogP contribution in [0.4, 0.5) is 5.82 Å². The van der Waals surface area contributed by atoms with Crippen LogP contribution in [0.2, 0.25) is 0 Å². The molecular weight excluding hydrogens is 462 g/mol. The predicted octanol–water partition coefficient (Wildman–Crippen LogP) is 6.06. The highest BCUT2D eigenvalue weighted by Gasteiger charge is 2.17. The Morgan fingerprint density at radius 1 is 1.03 bits per heavy atom. The summed E-state index contributed by atoms with van der Waals surface area (Å²) in [5.41, 5.74) is 11.9. The van der Waals surface area contributed by atoms with Crippen LogP contribution < -0.4 is 16.0 Å². The van der Waals surface area contributed by atoms with Crippen molar-refractivity contribution in [1.29, 1.82) is 0 Å². The lowest BCUT2D eigenvalue weighted by atomic mass is 9.89. The number of H-pyrrole nitrogens is 1. The van der Waals surface area contributed by atoms with E-state index in [0.717, 1.165) is 45.7 Å². The molecular formula is C31H33N3O3. The zero-order chi connectivity index (χ0) is 26.4. The third kappa shape index (κ3) is 6.73. The first-order valence-electron chi connectivity index (χ1n) is 12.6. The summed E-state index contributed by atoms with van der Waals surface area (Å²) in [7, 11) is 0. The molecule has 0 radical (unpaired) electrons. The molecule has 3 N–H and O–H groups in total. The molecule has 37 heavy (non-hydrogen) atoms. The number of ether oxygens (including phenoxy) is 1. The highest BCUT2D eigenvalue weighted by atomic mass is 16.5. The number of aromatic nitrogens is 2. The van der Waals surface area contributed by atoms with Crippen LogP contribution in [-0.4, -0.2) is 15.8 Å². The third-order valence-electron chi connectivity index (χ3n) is 6.67. The number of nitrogens with two attached hydrogens (primary N) is 1. The Labute approximate surface area is 217 Å². The van der Waals surface area contributed by atoms with Crippen LogP contribution in [0.15, 0.2) is 77.7 Å². The molecule has 0 saturated carbocycles. The lowest BCUT2D eigenvalue weighted by Gasteiger charge is -2.16. The van der Waals surface area contributed by atoms with E-state index < -0.39 is 0 Å². The minimum Gasteiger partial charge on any atom is -0.489 e. The molecule has 0 spiro atoms. The topological polar surface area (TPSA) is 98.1 Å². The summed E-state index contributed by atoms with van der Waals surface area (Å²) in [6, 6.07) is 21.1. The standard InChI is InChI=1S/C31H33N3O3/c1-4-22(15-28-20(2)14-21(3)34-31(28)36)16-29(35)24-10-8-23(9-11-24)19-37-27-7-5-6-25(17-27)26-12-13-30(32)33-18-26/h5-14,17-18,22H,4,15-16,19H2,1-3H3,(H2,32,33)(H,34,36). The second kappa shape index (κ2) is 11.7. The molecule has 1 atom stereocenters. The maximum Gasteiger partial charge on any atom is 0.251 e. The predicted molar refractivity (Wildman–Crippen MR) is 148 cm³/mol. The van der Waals surface area contributed by atoms with Gasteiger partial charge in [-0.2, -0.15) is 0 Å². The van der Waals surface area contributed by atoms with Crippen LogP contribution in [0.25, 0.3) is 11.1 Å². The summed E-state index contributed by atoms with van der Waals surface area (Å²) in [5.74, 6) is 1.44. The van der Waals surface area contributed by atoms with Gasteiger partial charge in [-0.15, -0.1) is 0 Å². The monoisotopic (exact) mass is 495 g/mol. The quantitative estimate of drug-likeness (QED) is 0.261. The summed E-state index contributed by atoms with van der Waals surface area (Å²) in [6.07, 6.45) is 3.58. The molecule has 0 aliphatic rings. The lowest BCUT2D eigenvalue weighted by Crippen LogP contribution is -2.20. The minimum atomic E-state index is -0.0524. The second-order valence-corrected chi connectivity index (χ2v) is 9.53. The molecule has 4 aromatic rings. The normalized spacial score (nSPS) is 11.8. The van der Waals surface area contributed by atoms with Crippen molar-refractivity contribution < 1.29 is 9.53 Å². The molecule has 0 aliphatic carbocycles. The van der Waals surface area contributed by atoms with E-state index in [1.807, 2.05) is 74.5 Å². The van der Waals surface area contributed by atoms with Gasteiger partial charge in [0.05, 0.1) is 0 Å². The van der Waals surface area contributed by atoms with Crippen molar-refractivity contribution >= 4 is 11.6 Å². The Morgan fingerprint density at radius 2 is 1.81 bits per heavy atom. The molecule has 0 amide bonds. The summed E-state index contributed by atoms with van der Waals surface area (Å²) in [6.45, 7) is 6.29. The number of anilines is 1. The van der Waals surface area contributed by atoms with E-state index in [-0.39, 0.29) is 17.3 Å². The molecule has 2 aromatic carbocycles. The number of nitrogens with zero attached hydrogens (tertiary/aromatic N) is 1. The Kier molecular flexibility index (Phi) is 8.18. The van der Waals surface area contributed by atoms with Crippen LogP contribution in [0.3, 0.4) is 0 Å². The van der Waals surface area contributed by atoms with Crippen LogP contribution in [0, 0.1) is 19.8 Å². The summed E-state index contributed by atoms with van der Waals surface area (Å²) in [5, 5.41) is 0. The van der Waals surface area contributed by atoms with Gasteiger partial charge in [0, 0.05) is 35.0 Å². The molecule has 0 aliphatic heterocycles. The van der Waals surface area contributed by atoms with Gasteiger partial charge in [-0.05, 0) is 73.2 Å². The first-order valence-corrected chi connectivity index (χ1v) is 12.6. The maximum atomic E-state index is 13.0. The Hall–Kier alpha value is -4.19. The summed E-state index contributed by atoms with van der Waals surface area (Å²) >= 11 is 0. The minimum absolute atomic E-state index is 0.0524. The molecule has 1 unspecified atom stereocenters. The van der Waals surface area contributed by atoms with Gasteiger partial charge in [0.15, 0.2) is 5.78 Å². The number of hydrogen-bond acceptors (Lipinski definition) is 5. The molecule has 0 fully saturated rings. The molecule has 0 saturated heterocycles.